The van der Waals surface area contributed by atoms with Crippen LogP contribution in [-0.4, -0.2) is 80.5 Å². The van der Waals surface area contributed by atoms with Crippen molar-refractivity contribution in [2.45, 2.75) is 58.8 Å². The van der Waals surface area contributed by atoms with E-state index in [1.807, 2.05) is 80.3 Å². The van der Waals surface area contributed by atoms with E-state index >= 15 is 0 Å². The Hall–Kier alpha value is -3.44. The summed E-state index contributed by atoms with van der Waals surface area (Å²) in [4.78, 5) is 31.6. The molecule has 252 valence electrons. The van der Waals surface area contributed by atoms with Crippen LogP contribution in [0.5, 0.6) is 0 Å². The molecule has 0 unspecified atom stereocenters. The predicted molar refractivity (Wildman–Crippen MR) is 188 cm³/mol. The fourth-order valence-electron chi connectivity index (χ4n) is 6.32. The Kier molecular flexibility index (Phi) is 11.0. The van der Waals surface area contributed by atoms with Gasteiger partial charge in [-0.25, -0.2) is 8.42 Å². The molecule has 2 aliphatic rings. The van der Waals surface area contributed by atoms with E-state index in [4.69, 9.17) is 11.6 Å². The number of hydrogen-bond donors (Lipinski definition) is 2. The number of halogens is 1. The van der Waals surface area contributed by atoms with Crippen LogP contribution in [0.1, 0.15) is 43.0 Å². The molecule has 2 heterocycles. The molecule has 47 heavy (non-hydrogen) atoms. The highest BCUT2D eigenvalue weighted by molar-refractivity contribution is 7.88. The maximum atomic E-state index is 14.1. The highest BCUT2D eigenvalue weighted by atomic mass is 35.5. The number of anilines is 1. The van der Waals surface area contributed by atoms with Crippen LogP contribution in [0.3, 0.4) is 0 Å². The number of carbonyl (C=O) groups excluding carboxylic acids is 2. The van der Waals surface area contributed by atoms with Crippen LogP contribution in [0.25, 0.3) is 0 Å². The quantitative estimate of drug-likeness (QED) is 0.333. The molecule has 0 saturated carbocycles. The lowest BCUT2D eigenvalue weighted by Crippen LogP contribution is -2.58. The lowest BCUT2D eigenvalue weighted by Gasteiger charge is -2.39. The summed E-state index contributed by atoms with van der Waals surface area (Å²) in [6.07, 6.45) is 2.17. The van der Waals surface area contributed by atoms with E-state index in [1.165, 1.54) is 16.1 Å². The van der Waals surface area contributed by atoms with Gasteiger partial charge in [-0.2, -0.15) is 4.31 Å². The molecule has 3 aromatic carbocycles. The molecule has 0 radical (unpaired) electrons. The largest absolute Gasteiger partial charge is 0.368 e. The standard InChI is InChI=1S/C36H46ClN5O4S/c1-36(2,3)25-42(47(4,45)46)24-29-11-7-8-12-33(29)40-17-19-41(20-18-40)35(44)32(21-26-13-15-30(37)16-14-26)39-34(43)31-22-27-9-5-6-10-28(27)23-38-31/h5-16,31-32,38H,17-25H2,1-4H3,(H,39,43)/t31-,32-/m1/s1. The highest BCUT2D eigenvalue weighted by Crippen LogP contribution is 2.27. The van der Waals surface area contributed by atoms with Crippen LogP contribution >= 0.6 is 11.6 Å². The van der Waals surface area contributed by atoms with Crippen LogP contribution in [0.4, 0.5) is 5.69 Å². The van der Waals surface area contributed by atoms with E-state index in [0.717, 1.165) is 22.4 Å². The number of para-hydroxylation sites is 1. The van der Waals surface area contributed by atoms with Crippen molar-refractivity contribution in [3.05, 3.63) is 100 Å². The van der Waals surface area contributed by atoms with Crippen molar-refractivity contribution in [1.29, 1.82) is 0 Å². The van der Waals surface area contributed by atoms with E-state index in [0.29, 0.717) is 57.1 Å². The number of nitrogens with zero attached hydrogens (tertiary/aromatic N) is 3. The summed E-state index contributed by atoms with van der Waals surface area (Å²) in [6, 6.07) is 22.2. The van der Waals surface area contributed by atoms with Crippen molar-refractivity contribution in [3.63, 3.8) is 0 Å². The molecule has 0 aromatic heterocycles. The Labute approximate surface area is 284 Å². The van der Waals surface area contributed by atoms with Gasteiger partial charge in [-0.05, 0) is 52.3 Å². The molecule has 3 aromatic rings. The predicted octanol–water partition coefficient (Wildman–Crippen LogP) is 4.24. The van der Waals surface area contributed by atoms with Crippen molar-refractivity contribution >= 4 is 39.1 Å². The van der Waals surface area contributed by atoms with Gasteiger partial charge in [-0.15, -0.1) is 0 Å². The third-order valence-electron chi connectivity index (χ3n) is 8.76. The first kappa shape index (κ1) is 34.9. The van der Waals surface area contributed by atoms with E-state index < -0.39 is 22.1 Å². The van der Waals surface area contributed by atoms with E-state index in [9.17, 15) is 18.0 Å². The number of amides is 2. The molecule has 2 atom stereocenters. The summed E-state index contributed by atoms with van der Waals surface area (Å²) >= 11 is 6.12. The smallest absolute Gasteiger partial charge is 0.245 e. The van der Waals surface area contributed by atoms with Gasteiger partial charge in [0.05, 0.1) is 12.3 Å². The van der Waals surface area contributed by atoms with E-state index in [2.05, 4.69) is 21.6 Å². The Bertz CT molecular complexity index is 1670. The first-order chi connectivity index (χ1) is 22.3. The Balaban J connectivity index is 1.28. The second-order valence-corrected chi connectivity index (χ2v) is 16.2. The van der Waals surface area contributed by atoms with Crippen molar-refractivity contribution in [3.8, 4) is 0 Å². The zero-order valence-electron chi connectivity index (χ0n) is 27.7. The lowest BCUT2D eigenvalue weighted by atomic mass is 9.95. The number of piperazine rings is 1. The van der Waals surface area contributed by atoms with Gasteiger partial charge in [0.1, 0.15) is 6.04 Å². The van der Waals surface area contributed by atoms with Crippen LogP contribution in [0.2, 0.25) is 5.02 Å². The molecule has 9 nitrogen and oxygen atoms in total. The topological polar surface area (TPSA) is 102 Å². The molecule has 1 fully saturated rings. The van der Waals surface area contributed by atoms with Gasteiger partial charge in [-0.3, -0.25) is 9.59 Å². The minimum atomic E-state index is -3.42. The first-order valence-electron chi connectivity index (χ1n) is 16.2. The van der Waals surface area contributed by atoms with Crippen LogP contribution < -0.4 is 15.5 Å². The second kappa shape index (κ2) is 14.8. The number of hydrogen-bond acceptors (Lipinski definition) is 6. The first-order valence-corrected chi connectivity index (χ1v) is 18.4. The Morgan fingerprint density at radius 1 is 0.957 bits per heavy atom. The van der Waals surface area contributed by atoms with Crippen LogP contribution in [0.15, 0.2) is 72.8 Å². The second-order valence-electron chi connectivity index (χ2n) is 13.8. The minimum absolute atomic E-state index is 0.120. The van der Waals surface area contributed by atoms with Crippen LogP contribution in [-0.2, 0) is 45.5 Å². The molecule has 0 bridgehead atoms. The summed E-state index contributed by atoms with van der Waals surface area (Å²) in [7, 11) is -3.42. The third kappa shape index (κ3) is 9.34. The van der Waals surface area contributed by atoms with Gasteiger partial charge in [0.2, 0.25) is 21.8 Å². The molecule has 0 aliphatic carbocycles. The molecule has 2 N–H and O–H groups in total. The average Bonchev–Trinajstić information content (AvgIpc) is 3.04. The maximum absolute atomic E-state index is 14.1. The normalized spacial score (nSPS) is 17.7. The maximum Gasteiger partial charge on any atom is 0.245 e. The fourth-order valence-corrected chi connectivity index (χ4v) is 7.44. The number of benzene rings is 3. The molecular weight excluding hydrogens is 634 g/mol. The molecule has 0 spiro atoms. The highest BCUT2D eigenvalue weighted by Gasteiger charge is 2.33. The van der Waals surface area contributed by atoms with Gasteiger partial charge in [-0.1, -0.05) is 87.0 Å². The number of sulfonamides is 1. The minimum Gasteiger partial charge on any atom is -0.368 e. The molecule has 2 amide bonds. The summed E-state index contributed by atoms with van der Waals surface area (Å²) in [5, 5.41) is 7.03. The van der Waals surface area contributed by atoms with Gasteiger partial charge in [0, 0.05) is 62.9 Å². The zero-order chi connectivity index (χ0) is 33.8. The number of nitrogens with one attached hydrogen (secondary N) is 2. The monoisotopic (exact) mass is 679 g/mol. The molecule has 2 aliphatic heterocycles. The molecule has 11 heteroatoms. The number of fused-ring (bicyclic) bond motifs is 1. The van der Waals surface area contributed by atoms with Gasteiger partial charge in [0.15, 0.2) is 0 Å². The summed E-state index contributed by atoms with van der Waals surface area (Å²) in [5.41, 5.74) is 4.94. The van der Waals surface area contributed by atoms with E-state index in [-0.39, 0.29) is 23.8 Å². The van der Waals surface area contributed by atoms with E-state index in [1.54, 1.807) is 12.1 Å². The Morgan fingerprint density at radius 3 is 2.26 bits per heavy atom. The summed E-state index contributed by atoms with van der Waals surface area (Å²) < 4.78 is 26.9. The zero-order valence-corrected chi connectivity index (χ0v) is 29.3. The number of carbonyl (C=O) groups is 2. The summed E-state index contributed by atoms with van der Waals surface area (Å²) in [6.45, 7) is 9.51. The molecule has 1 saturated heterocycles. The van der Waals surface area contributed by atoms with Gasteiger partial charge >= 0.3 is 0 Å². The number of rotatable bonds is 10. The van der Waals surface area contributed by atoms with Crippen molar-refractivity contribution in [1.82, 2.24) is 19.8 Å². The van der Waals surface area contributed by atoms with Gasteiger partial charge in [0.25, 0.3) is 0 Å². The van der Waals surface area contributed by atoms with Crippen molar-refractivity contribution in [2.75, 3.05) is 43.9 Å². The molecule has 5 rings (SSSR count). The third-order valence-corrected chi connectivity index (χ3v) is 10.2. The fraction of sp³-hybridized carbons (Fsp3) is 0.444. The van der Waals surface area contributed by atoms with Crippen LogP contribution in [0, 0.1) is 5.41 Å². The Morgan fingerprint density at radius 2 is 1.60 bits per heavy atom. The summed E-state index contributed by atoms with van der Waals surface area (Å²) in [5.74, 6) is -0.309. The molecular formula is C36H46ClN5O4S. The van der Waals surface area contributed by atoms with Gasteiger partial charge < -0.3 is 20.4 Å². The van der Waals surface area contributed by atoms with Crippen molar-refractivity contribution < 1.29 is 18.0 Å². The van der Waals surface area contributed by atoms with Crippen molar-refractivity contribution in [2.24, 2.45) is 5.41 Å². The average molecular weight is 680 g/mol. The lowest BCUT2D eigenvalue weighted by molar-refractivity contribution is -0.137. The SMILES string of the molecule is CC(C)(C)CN(Cc1ccccc1N1CCN(C(=O)[C@@H](Cc2ccc(Cl)cc2)NC(=O)[C@H]2Cc3ccccc3CN2)CC1)S(C)(=O)=O.